The molecular formula is C14H21OS. The molecule has 0 amide bonds. The highest BCUT2D eigenvalue weighted by atomic mass is 32.1. The topological polar surface area (TPSA) is 9.23 Å². The van der Waals surface area contributed by atoms with Crippen LogP contribution in [0.4, 0.5) is 0 Å². The Bertz CT molecular complexity index is 286. The van der Waals surface area contributed by atoms with Crippen LogP contribution in [0.3, 0.4) is 0 Å². The van der Waals surface area contributed by atoms with Gasteiger partial charge in [-0.2, -0.15) is 0 Å². The molecule has 0 N–H and O–H groups in total. The van der Waals surface area contributed by atoms with Gasteiger partial charge in [0.15, 0.2) is 0 Å². The quantitative estimate of drug-likeness (QED) is 0.579. The first-order valence-electron chi connectivity index (χ1n) is 6.23. The molecule has 0 aliphatic carbocycles. The van der Waals surface area contributed by atoms with E-state index in [1.807, 2.05) is 24.3 Å². The highest BCUT2D eigenvalue weighted by Gasteiger charge is 1.95. The number of rotatable bonds is 8. The summed E-state index contributed by atoms with van der Waals surface area (Å²) in [5.74, 6) is 0.904. The lowest BCUT2D eigenvalue weighted by atomic mass is 10.1. The van der Waals surface area contributed by atoms with E-state index in [-0.39, 0.29) is 0 Å². The molecule has 0 heterocycles. The fraction of sp³-hybridized carbons (Fsp3) is 0.571. The summed E-state index contributed by atoms with van der Waals surface area (Å²) in [7, 11) is 0. The van der Waals surface area contributed by atoms with Crippen molar-refractivity contribution in [2.45, 2.75) is 50.3 Å². The first-order valence-corrected chi connectivity index (χ1v) is 6.63. The molecule has 0 spiro atoms. The molecule has 0 aliphatic rings. The molecule has 1 radical (unpaired) electrons. The van der Waals surface area contributed by atoms with Crippen LogP contribution in [0.2, 0.25) is 0 Å². The molecule has 2 heteroatoms. The molecule has 0 fully saturated rings. The van der Waals surface area contributed by atoms with Crippen molar-refractivity contribution in [1.82, 2.24) is 0 Å². The van der Waals surface area contributed by atoms with Gasteiger partial charge in [0.1, 0.15) is 5.75 Å². The molecule has 89 valence electrons. The first kappa shape index (κ1) is 13.3. The summed E-state index contributed by atoms with van der Waals surface area (Å²) < 4.78 is 5.63. The van der Waals surface area contributed by atoms with E-state index in [4.69, 9.17) is 17.4 Å². The van der Waals surface area contributed by atoms with Crippen LogP contribution in [0.5, 0.6) is 5.75 Å². The lowest BCUT2D eigenvalue weighted by Crippen LogP contribution is -1.97. The molecule has 1 rings (SSSR count). The maximum atomic E-state index is 5.63. The van der Waals surface area contributed by atoms with Crippen LogP contribution in [-0.2, 0) is 0 Å². The average Bonchev–Trinajstić information content (AvgIpc) is 2.28. The lowest BCUT2D eigenvalue weighted by Gasteiger charge is -2.06. The van der Waals surface area contributed by atoms with Crippen molar-refractivity contribution in [1.29, 1.82) is 0 Å². The molecule has 1 aromatic carbocycles. The molecule has 0 aliphatic heterocycles. The van der Waals surface area contributed by atoms with Gasteiger partial charge >= 0.3 is 0 Å². The zero-order chi connectivity index (χ0) is 11.6. The lowest BCUT2D eigenvalue weighted by molar-refractivity contribution is 0.304. The van der Waals surface area contributed by atoms with Crippen molar-refractivity contribution in [3.05, 3.63) is 24.3 Å². The smallest absolute Gasteiger partial charge is 0.120 e. The van der Waals surface area contributed by atoms with Gasteiger partial charge < -0.3 is 4.74 Å². The van der Waals surface area contributed by atoms with Crippen molar-refractivity contribution in [2.24, 2.45) is 0 Å². The molecule has 1 aromatic rings. The molecule has 0 saturated carbocycles. The van der Waals surface area contributed by atoms with Crippen LogP contribution in [0, 0.1) is 0 Å². The van der Waals surface area contributed by atoms with E-state index in [1.54, 1.807) is 0 Å². The van der Waals surface area contributed by atoms with Crippen molar-refractivity contribution in [3.8, 4) is 5.75 Å². The monoisotopic (exact) mass is 237 g/mol. The fourth-order valence-electron chi connectivity index (χ4n) is 1.64. The van der Waals surface area contributed by atoms with Crippen molar-refractivity contribution in [2.75, 3.05) is 6.61 Å². The summed E-state index contributed by atoms with van der Waals surface area (Å²) in [5, 5.41) is 0. The van der Waals surface area contributed by atoms with E-state index in [0.29, 0.717) is 0 Å². The van der Waals surface area contributed by atoms with Gasteiger partial charge in [-0.15, -0.1) is 0 Å². The molecular weight excluding hydrogens is 216 g/mol. The third-order valence-electron chi connectivity index (χ3n) is 2.57. The first-order chi connectivity index (χ1) is 7.83. The van der Waals surface area contributed by atoms with Crippen molar-refractivity contribution in [3.63, 3.8) is 0 Å². The largest absolute Gasteiger partial charge is 0.494 e. The van der Waals surface area contributed by atoms with Gasteiger partial charge in [0.05, 0.1) is 6.61 Å². The van der Waals surface area contributed by atoms with E-state index < -0.39 is 0 Å². The molecule has 1 nitrogen and oxygen atoms in total. The van der Waals surface area contributed by atoms with Crippen LogP contribution in [0.25, 0.3) is 0 Å². The summed E-state index contributed by atoms with van der Waals surface area (Å²) in [6.07, 6.45) is 7.77. The summed E-state index contributed by atoms with van der Waals surface area (Å²) in [6, 6.07) is 7.73. The second kappa shape index (κ2) is 8.40. The van der Waals surface area contributed by atoms with E-state index in [2.05, 4.69) is 6.92 Å². The van der Waals surface area contributed by atoms with Crippen LogP contribution >= 0.6 is 12.6 Å². The van der Waals surface area contributed by atoms with Crippen LogP contribution in [-0.4, -0.2) is 6.61 Å². The van der Waals surface area contributed by atoms with Crippen LogP contribution < -0.4 is 4.74 Å². The predicted octanol–water partition coefficient (Wildman–Crippen LogP) is 4.98. The van der Waals surface area contributed by atoms with E-state index >= 15 is 0 Å². The molecule has 0 bridgehead atoms. The second-order valence-electron chi connectivity index (χ2n) is 4.09. The number of hydrogen-bond donors (Lipinski definition) is 0. The molecule has 16 heavy (non-hydrogen) atoms. The van der Waals surface area contributed by atoms with E-state index in [9.17, 15) is 0 Å². The molecule has 0 unspecified atom stereocenters. The van der Waals surface area contributed by atoms with Crippen LogP contribution in [0.1, 0.15) is 45.4 Å². The van der Waals surface area contributed by atoms with Gasteiger partial charge in [-0.1, -0.05) is 57.7 Å². The number of unbranched alkanes of at least 4 members (excludes halogenated alkanes) is 5. The van der Waals surface area contributed by atoms with Gasteiger partial charge in [-0.25, -0.2) is 0 Å². The highest BCUT2D eigenvalue weighted by Crippen LogP contribution is 2.16. The number of ether oxygens (including phenoxy) is 1. The third-order valence-corrected chi connectivity index (χ3v) is 2.83. The highest BCUT2D eigenvalue weighted by molar-refractivity contribution is 7.80. The minimum Gasteiger partial charge on any atom is -0.494 e. The third kappa shape index (κ3) is 5.96. The fourth-order valence-corrected chi connectivity index (χ4v) is 1.83. The van der Waals surface area contributed by atoms with Gasteiger partial charge in [0, 0.05) is 4.90 Å². The summed E-state index contributed by atoms with van der Waals surface area (Å²) in [5.41, 5.74) is 0. The Balaban J connectivity index is 2.03. The Morgan fingerprint density at radius 2 is 1.81 bits per heavy atom. The Hall–Kier alpha value is -0.760. The molecule has 0 atom stereocenters. The summed E-state index contributed by atoms with van der Waals surface area (Å²) >= 11 is 5.07. The minimum absolute atomic E-state index is 0.810. The van der Waals surface area contributed by atoms with Gasteiger partial charge in [-0.3, -0.25) is 0 Å². The van der Waals surface area contributed by atoms with Crippen molar-refractivity contribution >= 4 is 12.6 Å². The Morgan fingerprint density at radius 3 is 2.56 bits per heavy atom. The zero-order valence-electron chi connectivity index (χ0n) is 10.1. The minimum atomic E-state index is 0.810. The maximum Gasteiger partial charge on any atom is 0.120 e. The molecule has 0 saturated heterocycles. The zero-order valence-corrected chi connectivity index (χ0v) is 10.9. The number of hydrogen-bond acceptors (Lipinski definition) is 1. The van der Waals surface area contributed by atoms with Crippen LogP contribution in [0.15, 0.2) is 29.2 Å². The SMILES string of the molecule is CCCCCCCCOc1cccc([S])c1. The van der Waals surface area contributed by atoms with Crippen molar-refractivity contribution < 1.29 is 4.74 Å². The predicted molar refractivity (Wildman–Crippen MR) is 71.2 cm³/mol. The Morgan fingerprint density at radius 1 is 1.06 bits per heavy atom. The normalized spacial score (nSPS) is 10.3. The Labute approximate surface area is 105 Å². The van der Waals surface area contributed by atoms with E-state index in [0.717, 1.165) is 23.7 Å². The summed E-state index contributed by atoms with van der Waals surface area (Å²) in [4.78, 5) is 0.848. The van der Waals surface area contributed by atoms with Gasteiger partial charge in [0.25, 0.3) is 0 Å². The number of benzene rings is 1. The molecule has 0 aromatic heterocycles. The maximum absolute atomic E-state index is 5.63. The second-order valence-corrected chi connectivity index (χ2v) is 4.56. The Kier molecular flexibility index (Phi) is 6.98. The summed E-state index contributed by atoms with van der Waals surface area (Å²) in [6.45, 7) is 3.05. The van der Waals surface area contributed by atoms with E-state index in [1.165, 1.54) is 32.1 Å². The van der Waals surface area contributed by atoms with Gasteiger partial charge in [-0.05, 0) is 24.6 Å². The standard InChI is InChI=1S/C14H21OS/c1-2-3-4-5-6-7-11-15-13-9-8-10-14(16)12-13/h8-10,12H,2-7,11H2,1H3. The average molecular weight is 237 g/mol. The van der Waals surface area contributed by atoms with Gasteiger partial charge in [0.2, 0.25) is 0 Å².